The summed E-state index contributed by atoms with van der Waals surface area (Å²) in [4.78, 5) is 13.0. The van der Waals surface area contributed by atoms with Gasteiger partial charge < -0.3 is 15.5 Å². The summed E-state index contributed by atoms with van der Waals surface area (Å²) >= 11 is 0. The van der Waals surface area contributed by atoms with Gasteiger partial charge in [-0.15, -0.1) is 12.4 Å². The van der Waals surface area contributed by atoms with Crippen LogP contribution in [0.3, 0.4) is 0 Å². The van der Waals surface area contributed by atoms with Gasteiger partial charge in [0.2, 0.25) is 5.91 Å². The first-order valence-electron chi connectivity index (χ1n) is 6.93. The van der Waals surface area contributed by atoms with E-state index in [1.807, 2.05) is 4.90 Å². The molecule has 4 nitrogen and oxygen atoms in total. The highest BCUT2D eigenvalue weighted by Crippen LogP contribution is 2.21. The number of alkyl halides is 3. The number of amides is 1. The summed E-state index contributed by atoms with van der Waals surface area (Å²) in [6, 6.07) is 4.44. The van der Waals surface area contributed by atoms with E-state index in [1.54, 1.807) is 12.1 Å². The van der Waals surface area contributed by atoms with Crippen LogP contribution in [-0.4, -0.2) is 38.3 Å². The minimum absolute atomic E-state index is 0. The predicted molar refractivity (Wildman–Crippen MR) is 81.2 cm³/mol. The minimum Gasteiger partial charge on any atom is -0.367 e. The van der Waals surface area contributed by atoms with Crippen molar-refractivity contribution in [1.29, 1.82) is 0 Å². The first-order valence-corrected chi connectivity index (χ1v) is 6.93. The summed E-state index contributed by atoms with van der Waals surface area (Å²) in [7, 11) is 0. The predicted octanol–water partition coefficient (Wildman–Crippen LogP) is 2.23. The van der Waals surface area contributed by atoms with Crippen LogP contribution >= 0.6 is 12.4 Å². The van der Waals surface area contributed by atoms with Crippen LogP contribution < -0.4 is 15.5 Å². The molecule has 1 heterocycles. The molecule has 1 aromatic carbocycles. The van der Waals surface area contributed by atoms with Crippen molar-refractivity contribution in [2.75, 3.05) is 31.1 Å². The second kappa shape index (κ2) is 8.35. The third-order valence-corrected chi connectivity index (χ3v) is 3.32. The second-order valence-corrected chi connectivity index (χ2v) is 5.09. The molecule has 23 heavy (non-hydrogen) atoms. The summed E-state index contributed by atoms with van der Waals surface area (Å²) in [6.07, 6.45) is -6.07. The molecule has 0 unspecified atom stereocenters. The van der Waals surface area contributed by atoms with Crippen LogP contribution in [-0.2, 0) is 11.3 Å². The van der Waals surface area contributed by atoms with E-state index in [0.717, 1.165) is 13.1 Å². The molecule has 0 aromatic heterocycles. The van der Waals surface area contributed by atoms with Gasteiger partial charge >= 0.3 is 6.18 Å². The lowest BCUT2D eigenvalue weighted by Crippen LogP contribution is -2.43. The molecular formula is C14H18ClF4N3O. The summed E-state index contributed by atoms with van der Waals surface area (Å²) in [5, 5.41) is 5.30. The summed E-state index contributed by atoms with van der Waals surface area (Å²) < 4.78 is 50.1. The Morgan fingerprint density at radius 2 is 1.91 bits per heavy atom. The molecule has 2 rings (SSSR count). The van der Waals surface area contributed by atoms with E-state index in [2.05, 4.69) is 10.6 Å². The third-order valence-electron chi connectivity index (χ3n) is 3.32. The van der Waals surface area contributed by atoms with E-state index in [-0.39, 0.29) is 19.0 Å². The van der Waals surface area contributed by atoms with Gasteiger partial charge in [0.25, 0.3) is 0 Å². The van der Waals surface area contributed by atoms with Gasteiger partial charge in [0.15, 0.2) is 0 Å². The number of anilines is 1. The largest absolute Gasteiger partial charge is 0.397 e. The number of rotatable bonds is 4. The molecule has 0 atom stereocenters. The highest BCUT2D eigenvalue weighted by Gasteiger charge is 2.30. The average molecular weight is 356 g/mol. The fraction of sp³-hybridized carbons (Fsp3) is 0.500. The van der Waals surface area contributed by atoms with Gasteiger partial charge in [0.1, 0.15) is 12.2 Å². The van der Waals surface area contributed by atoms with Crippen molar-refractivity contribution in [2.24, 2.45) is 0 Å². The van der Waals surface area contributed by atoms with Crippen molar-refractivity contribution in [3.8, 4) is 0 Å². The fourth-order valence-electron chi connectivity index (χ4n) is 2.27. The van der Waals surface area contributed by atoms with Crippen LogP contribution in [0.2, 0.25) is 0 Å². The number of carbonyl (C=O) groups is 1. The van der Waals surface area contributed by atoms with Crippen molar-refractivity contribution in [3.05, 3.63) is 29.6 Å². The van der Waals surface area contributed by atoms with Crippen LogP contribution in [0.1, 0.15) is 12.0 Å². The fourth-order valence-corrected chi connectivity index (χ4v) is 2.27. The third kappa shape index (κ3) is 6.23. The number of nitrogens with one attached hydrogen (secondary N) is 2. The van der Waals surface area contributed by atoms with Crippen molar-refractivity contribution < 1.29 is 22.4 Å². The first-order chi connectivity index (χ1) is 10.3. The Kier molecular flexibility index (Phi) is 7.08. The normalized spacial score (nSPS) is 15.0. The molecule has 0 radical (unpaired) electrons. The maximum Gasteiger partial charge on any atom is 0.397 e. The van der Waals surface area contributed by atoms with Gasteiger partial charge in [-0.3, -0.25) is 4.79 Å². The molecule has 1 saturated heterocycles. The van der Waals surface area contributed by atoms with E-state index in [4.69, 9.17) is 0 Å². The Bertz CT molecular complexity index is 533. The van der Waals surface area contributed by atoms with Crippen molar-refractivity contribution in [1.82, 2.24) is 10.6 Å². The molecule has 1 fully saturated rings. The van der Waals surface area contributed by atoms with Crippen LogP contribution in [0.4, 0.5) is 23.2 Å². The number of halogens is 5. The molecule has 1 aromatic rings. The van der Waals surface area contributed by atoms with Crippen LogP contribution in [0.25, 0.3) is 0 Å². The van der Waals surface area contributed by atoms with Gasteiger partial charge in [-0.2, -0.15) is 13.2 Å². The SMILES string of the molecule is Cl.O=C(CC(F)(F)F)NCc1ccc(N2CCNCC2)c(F)c1. The van der Waals surface area contributed by atoms with Gasteiger partial charge in [-0.05, 0) is 17.7 Å². The van der Waals surface area contributed by atoms with Crippen molar-refractivity contribution in [3.63, 3.8) is 0 Å². The standard InChI is InChI=1S/C14H17F4N3O.ClH/c15-11-7-10(9-20-13(22)8-14(16,17)18)1-2-12(11)21-5-3-19-4-6-21;/h1-2,7,19H,3-6,8-9H2,(H,20,22);1H. The smallest absolute Gasteiger partial charge is 0.367 e. The number of hydrogen-bond donors (Lipinski definition) is 2. The number of nitrogens with zero attached hydrogens (tertiary/aromatic N) is 1. The van der Waals surface area contributed by atoms with Gasteiger partial charge in [0.05, 0.1) is 5.69 Å². The first kappa shape index (κ1) is 19.5. The van der Waals surface area contributed by atoms with E-state index < -0.39 is 24.3 Å². The number of carbonyl (C=O) groups excluding carboxylic acids is 1. The average Bonchev–Trinajstić information content (AvgIpc) is 2.44. The molecule has 2 N–H and O–H groups in total. The highest BCUT2D eigenvalue weighted by molar-refractivity contribution is 5.85. The molecule has 0 spiro atoms. The zero-order valence-electron chi connectivity index (χ0n) is 12.3. The molecule has 130 valence electrons. The number of benzene rings is 1. The molecule has 9 heteroatoms. The zero-order chi connectivity index (χ0) is 16.2. The number of hydrogen-bond acceptors (Lipinski definition) is 3. The molecule has 0 aliphatic carbocycles. The Labute approximate surface area is 137 Å². The summed E-state index contributed by atoms with van der Waals surface area (Å²) in [5.41, 5.74) is 0.888. The lowest BCUT2D eigenvalue weighted by Gasteiger charge is -2.29. The van der Waals surface area contributed by atoms with Crippen molar-refractivity contribution in [2.45, 2.75) is 19.1 Å². The maximum atomic E-state index is 14.1. The van der Waals surface area contributed by atoms with Gasteiger partial charge in [0, 0.05) is 32.7 Å². The Morgan fingerprint density at radius 1 is 1.26 bits per heavy atom. The van der Waals surface area contributed by atoms with Crippen LogP contribution in [0.5, 0.6) is 0 Å². The topological polar surface area (TPSA) is 44.4 Å². The minimum atomic E-state index is -4.54. The summed E-state index contributed by atoms with van der Waals surface area (Å²) in [5.74, 6) is -1.57. The van der Waals surface area contributed by atoms with Gasteiger partial charge in [-0.25, -0.2) is 4.39 Å². The quantitative estimate of drug-likeness (QED) is 0.814. The Morgan fingerprint density at radius 3 is 2.48 bits per heavy atom. The Hall–Kier alpha value is -1.54. The molecule has 0 bridgehead atoms. The molecular weight excluding hydrogens is 338 g/mol. The summed E-state index contributed by atoms with van der Waals surface area (Å²) in [6.45, 7) is 2.80. The van der Waals surface area contributed by atoms with Crippen LogP contribution in [0, 0.1) is 5.82 Å². The lowest BCUT2D eigenvalue weighted by molar-refractivity contribution is -0.153. The molecule has 0 saturated carbocycles. The van der Waals surface area contributed by atoms with Crippen LogP contribution in [0.15, 0.2) is 18.2 Å². The van der Waals surface area contributed by atoms with E-state index in [0.29, 0.717) is 24.3 Å². The van der Waals surface area contributed by atoms with E-state index in [9.17, 15) is 22.4 Å². The Balaban J connectivity index is 0.00000264. The van der Waals surface area contributed by atoms with E-state index >= 15 is 0 Å². The highest BCUT2D eigenvalue weighted by atomic mass is 35.5. The second-order valence-electron chi connectivity index (χ2n) is 5.09. The zero-order valence-corrected chi connectivity index (χ0v) is 13.1. The van der Waals surface area contributed by atoms with Gasteiger partial charge in [-0.1, -0.05) is 6.07 Å². The molecule has 1 aliphatic heterocycles. The lowest BCUT2D eigenvalue weighted by atomic mass is 10.1. The molecule has 1 amide bonds. The molecule has 1 aliphatic rings. The van der Waals surface area contributed by atoms with E-state index in [1.165, 1.54) is 6.07 Å². The van der Waals surface area contributed by atoms with Crippen molar-refractivity contribution >= 4 is 24.0 Å². The maximum absolute atomic E-state index is 14.1. The monoisotopic (exact) mass is 355 g/mol. The number of piperazine rings is 1.